The fraction of sp³-hybridized carbons (Fsp3) is 0.182. The lowest BCUT2D eigenvalue weighted by molar-refractivity contribution is -0.135. The summed E-state index contributed by atoms with van der Waals surface area (Å²) in [6.45, 7) is 0.555. The standard InChI is InChI=1S/C22H19NO4S/c24-19(20-11-6-14-28-20)15-22(26)17-9-4-5-10-18(17)23(21(22)25)12-13-27-16-7-2-1-3-8-16/h1-11,14,26H,12-13,15H2/t22-/m0/s1. The van der Waals surface area contributed by atoms with Gasteiger partial charge in [-0.15, -0.1) is 11.3 Å². The first-order valence-electron chi connectivity index (χ1n) is 8.98. The fourth-order valence-electron chi connectivity index (χ4n) is 3.43. The van der Waals surface area contributed by atoms with Gasteiger partial charge in [-0.3, -0.25) is 9.59 Å². The molecule has 2 aromatic carbocycles. The number of Topliss-reactive ketones (excluding diaryl/α,β-unsaturated/α-hetero) is 1. The van der Waals surface area contributed by atoms with Gasteiger partial charge in [0.2, 0.25) is 0 Å². The molecule has 0 radical (unpaired) electrons. The number of nitrogens with zero attached hydrogens (tertiary/aromatic N) is 1. The maximum Gasteiger partial charge on any atom is 0.264 e. The van der Waals surface area contributed by atoms with Crippen molar-refractivity contribution in [2.45, 2.75) is 12.0 Å². The predicted molar refractivity (Wildman–Crippen MR) is 108 cm³/mol. The van der Waals surface area contributed by atoms with Gasteiger partial charge < -0.3 is 14.7 Å². The zero-order chi connectivity index (χ0) is 19.6. The summed E-state index contributed by atoms with van der Waals surface area (Å²) in [4.78, 5) is 27.7. The zero-order valence-electron chi connectivity index (χ0n) is 15.1. The highest BCUT2D eigenvalue weighted by molar-refractivity contribution is 7.12. The van der Waals surface area contributed by atoms with E-state index in [1.165, 1.54) is 16.2 Å². The molecule has 0 saturated heterocycles. The number of aliphatic hydroxyl groups is 1. The number of anilines is 1. The van der Waals surface area contributed by atoms with Gasteiger partial charge in [-0.2, -0.15) is 0 Å². The van der Waals surface area contributed by atoms with E-state index in [9.17, 15) is 14.7 Å². The summed E-state index contributed by atoms with van der Waals surface area (Å²) in [6, 6.07) is 19.9. The number of ketones is 1. The molecule has 1 aliphatic rings. The van der Waals surface area contributed by atoms with Crippen LogP contribution in [0.2, 0.25) is 0 Å². The lowest BCUT2D eigenvalue weighted by Gasteiger charge is -2.22. The highest BCUT2D eigenvalue weighted by atomic mass is 32.1. The second-order valence-electron chi connectivity index (χ2n) is 6.57. The third kappa shape index (κ3) is 3.32. The lowest BCUT2D eigenvalue weighted by Crippen LogP contribution is -2.43. The van der Waals surface area contributed by atoms with E-state index in [0.29, 0.717) is 21.9 Å². The Hall–Kier alpha value is -2.96. The van der Waals surface area contributed by atoms with Gasteiger partial charge in [-0.05, 0) is 29.6 Å². The van der Waals surface area contributed by atoms with Crippen LogP contribution in [0.3, 0.4) is 0 Å². The van der Waals surface area contributed by atoms with Crippen LogP contribution in [0.5, 0.6) is 5.75 Å². The van der Waals surface area contributed by atoms with Crippen molar-refractivity contribution in [1.29, 1.82) is 0 Å². The minimum absolute atomic E-state index is 0.247. The summed E-state index contributed by atoms with van der Waals surface area (Å²) in [7, 11) is 0. The molecule has 6 heteroatoms. The summed E-state index contributed by atoms with van der Waals surface area (Å²) in [6.07, 6.45) is -0.278. The average Bonchev–Trinajstić information content (AvgIpc) is 3.32. The van der Waals surface area contributed by atoms with Crippen molar-refractivity contribution in [2.75, 3.05) is 18.1 Å². The molecule has 5 nitrogen and oxygen atoms in total. The van der Waals surface area contributed by atoms with E-state index >= 15 is 0 Å². The van der Waals surface area contributed by atoms with Gasteiger partial charge in [0.1, 0.15) is 12.4 Å². The molecule has 142 valence electrons. The quantitative estimate of drug-likeness (QED) is 0.623. The first kappa shape index (κ1) is 18.4. The van der Waals surface area contributed by atoms with Crippen LogP contribution in [0, 0.1) is 0 Å². The first-order valence-corrected chi connectivity index (χ1v) is 9.86. The molecule has 4 rings (SSSR count). The third-order valence-corrected chi connectivity index (χ3v) is 5.69. The number of hydrogen-bond acceptors (Lipinski definition) is 5. The molecule has 0 aliphatic carbocycles. The lowest BCUT2D eigenvalue weighted by atomic mass is 9.89. The second-order valence-corrected chi connectivity index (χ2v) is 7.52. The van der Waals surface area contributed by atoms with Crippen LogP contribution >= 0.6 is 11.3 Å². The molecule has 2 heterocycles. The van der Waals surface area contributed by atoms with E-state index in [4.69, 9.17) is 4.74 Å². The molecular formula is C22H19NO4S. The van der Waals surface area contributed by atoms with Crippen molar-refractivity contribution in [1.82, 2.24) is 0 Å². The summed E-state index contributed by atoms with van der Waals surface area (Å²) >= 11 is 1.30. The highest BCUT2D eigenvalue weighted by Crippen LogP contribution is 2.42. The van der Waals surface area contributed by atoms with Gasteiger partial charge in [0.25, 0.3) is 5.91 Å². The number of carbonyl (C=O) groups is 2. The third-order valence-electron chi connectivity index (χ3n) is 4.78. The smallest absolute Gasteiger partial charge is 0.264 e. The number of para-hydroxylation sites is 2. The number of rotatable bonds is 7. The molecule has 0 bridgehead atoms. The Morgan fingerprint density at radius 2 is 1.79 bits per heavy atom. The monoisotopic (exact) mass is 393 g/mol. The Morgan fingerprint density at radius 1 is 1.04 bits per heavy atom. The van der Waals surface area contributed by atoms with Crippen LogP contribution in [0.4, 0.5) is 5.69 Å². The minimum Gasteiger partial charge on any atom is -0.492 e. The maximum absolute atomic E-state index is 13.1. The van der Waals surface area contributed by atoms with Gasteiger partial charge >= 0.3 is 0 Å². The summed E-state index contributed by atoms with van der Waals surface area (Å²) in [5, 5.41) is 13.0. The number of ether oxygens (including phenoxy) is 1. The van der Waals surface area contributed by atoms with Gasteiger partial charge in [0.15, 0.2) is 11.4 Å². The molecule has 1 amide bonds. The maximum atomic E-state index is 13.1. The van der Waals surface area contributed by atoms with Gasteiger partial charge in [0.05, 0.1) is 23.5 Å². The van der Waals surface area contributed by atoms with Crippen molar-refractivity contribution in [3.8, 4) is 5.75 Å². The van der Waals surface area contributed by atoms with Gasteiger partial charge in [-0.25, -0.2) is 0 Å². The van der Waals surface area contributed by atoms with Crippen molar-refractivity contribution < 1.29 is 19.4 Å². The zero-order valence-corrected chi connectivity index (χ0v) is 15.9. The number of fused-ring (bicyclic) bond motifs is 1. The molecule has 28 heavy (non-hydrogen) atoms. The first-order chi connectivity index (χ1) is 13.6. The number of benzene rings is 2. The van der Waals surface area contributed by atoms with E-state index in [1.54, 1.807) is 35.7 Å². The Balaban J connectivity index is 1.54. The molecule has 0 fully saturated rings. The SMILES string of the molecule is O=C(C[C@@]1(O)C(=O)N(CCOc2ccccc2)c2ccccc21)c1cccs1. The molecule has 0 saturated carbocycles. The van der Waals surface area contributed by atoms with Crippen molar-refractivity contribution in [3.05, 3.63) is 82.6 Å². The highest BCUT2D eigenvalue weighted by Gasteiger charge is 2.50. The number of carbonyl (C=O) groups excluding carboxylic acids is 2. The van der Waals surface area contributed by atoms with Crippen LogP contribution in [0.15, 0.2) is 72.1 Å². The van der Waals surface area contributed by atoms with Crippen molar-refractivity contribution in [2.24, 2.45) is 0 Å². The number of amides is 1. The van der Waals surface area contributed by atoms with Crippen LogP contribution in [-0.2, 0) is 10.4 Å². The van der Waals surface area contributed by atoms with E-state index in [2.05, 4.69) is 0 Å². The van der Waals surface area contributed by atoms with Crippen LogP contribution in [0.1, 0.15) is 21.7 Å². The van der Waals surface area contributed by atoms with E-state index in [0.717, 1.165) is 0 Å². The Bertz CT molecular complexity index is 987. The fourth-order valence-corrected chi connectivity index (χ4v) is 4.09. The topological polar surface area (TPSA) is 66.8 Å². The minimum atomic E-state index is -1.86. The summed E-state index contributed by atoms with van der Waals surface area (Å²) in [5.74, 6) is -0.0242. The van der Waals surface area contributed by atoms with Crippen molar-refractivity contribution in [3.63, 3.8) is 0 Å². The molecule has 0 spiro atoms. The molecule has 1 N–H and O–H groups in total. The predicted octanol–water partition coefficient (Wildman–Crippen LogP) is 3.63. The van der Waals surface area contributed by atoms with Crippen LogP contribution < -0.4 is 9.64 Å². The molecule has 0 unspecified atom stereocenters. The molecule has 1 aromatic heterocycles. The molecular weight excluding hydrogens is 374 g/mol. The molecule has 3 aromatic rings. The van der Waals surface area contributed by atoms with Gasteiger partial charge in [-0.1, -0.05) is 42.5 Å². The van der Waals surface area contributed by atoms with E-state index in [-0.39, 0.29) is 25.4 Å². The Morgan fingerprint density at radius 3 is 2.54 bits per heavy atom. The Labute approximate surface area is 166 Å². The summed E-state index contributed by atoms with van der Waals surface area (Å²) < 4.78 is 5.70. The van der Waals surface area contributed by atoms with Crippen LogP contribution in [0.25, 0.3) is 0 Å². The van der Waals surface area contributed by atoms with E-state index in [1.807, 2.05) is 36.4 Å². The average molecular weight is 393 g/mol. The second kappa shape index (κ2) is 7.58. The molecule has 1 aliphatic heterocycles. The number of hydrogen-bond donors (Lipinski definition) is 1. The largest absolute Gasteiger partial charge is 0.492 e. The summed E-state index contributed by atoms with van der Waals surface area (Å²) in [5.41, 5.74) is -0.778. The van der Waals surface area contributed by atoms with Gasteiger partial charge in [0, 0.05) is 5.56 Å². The Kier molecular flexibility index (Phi) is 4.98. The normalized spacial score (nSPS) is 18.2. The molecule has 1 atom stereocenters. The van der Waals surface area contributed by atoms with E-state index < -0.39 is 11.5 Å². The van der Waals surface area contributed by atoms with Crippen molar-refractivity contribution >= 4 is 28.7 Å². The number of thiophene rings is 1. The van der Waals surface area contributed by atoms with Crippen LogP contribution in [-0.4, -0.2) is 29.9 Å².